The smallest absolute Gasteiger partial charge is 0.251 e. The Bertz CT molecular complexity index is 415. The highest BCUT2D eigenvalue weighted by molar-refractivity contribution is 5.95. The SMILES string of the molecule is COC(OC)C(C)NC(=O)c1ccc(O)cc1C. The molecule has 1 unspecified atom stereocenters. The van der Waals surface area contributed by atoms with Crippen molar-refractivity contribution in [3.05, 3.63) is 29.3 Å². The highest BCUT2D eigenvalue weighted by Gasteiger charge is 2.19. The summed E-state index contributed by atoms with van der Waals surface area (Å²) in [4.78, 5) is 12.0. The van der Waals surface area contributed by atoms with Crippen LogP contribution in [-0.4, -0.2) is 37.6 Å². The number of carbonyl (C=O) groups excluding carboxylic acids is 1. The summed E-state index contributed by atoms with van der Waals surface area (Å²) in [5.74, 6) is -0.0807. The second kappa shape index (κ2) is 6.37. The summed E-state index contributed by atoms with van der Waals surface area (Å²) in [6.45, 7) is 3.56. The summed E-state index contributed by atoms with van der Waals surface area (Å²) in [6.07, 6.45) is -0.494. The van der Waals surface area contributed by atoms with Gasteiger partial charge in [0.25, 0.3) is 5.91 Å². The lowest BCUT2D eigenvalue weighted by molar-refractivity contribution is -0.117. The van der Waals surface area contributed by atoms with E-state index in [1.54, 1.807) is 26.0 Å². The molecule has 1 aromatic rings. The number of rotatable bonds is 5. The first-order valence-electron chi connectivity index (χ1n) is 5.65. The molecule has 0 spiro atoms. The molecule has 1 aromatic carbocycles. The second-order valence-corrected chi connectivity index (χ2v) is 4.10. The van der Waals surface area contributed by atoms with Crippen molar-refractivity contribution in [1.82, 2.24) is 5.32 Å². The van der Waals surface area contributed by atoms with Gasteiger partial charge in [-0.3, -0.25) is 4.79 Å². The summed E-state index contributed by atoms with van der Waals surface area (Å²) in [6, 6.07) is 4.34. The molecule has 0 aliphatic rings. The largest absolute Gasteiger partial charge is 0.508 e. The number of phenolic OH excluding ortho intramolecular Hbond substituents is 1. The molecule has 0 saturated heterocycles. The summed E-state index contributed by atoms with van der Waals surface area (Å²) >= 11 is 0. The average molecular weight is 253 g/mol. The van der Waals surface area contributed by atoms with Gasteiger partial charge in [-0.15, -0.1) is 0 Å². The Morgan fingerprint density at radius 3 is 2.44 bits per heavy atom. The second-order valence-electron chi connectivity index (χ2n) is 4.10. The molecule has 0 fully saturated rings. The molecule has 100 valence electrons. The maximum absolute atomic E-state index is 12.0. The molecule has 18 heavy (non-hydrogen) atoms. The van der Waals surface area contributed by atoms with Gasteiger partial charge in [0.2, 0.25) is 0 Å². The van der Waals surface area contributed by atoms with Crippen LogP contribution < -0.4 is 5.32 Å². The van der Waals surface area contributed by atoms with E-state index in [4.69, 9.17) is 9.47 Å². The first kappa shape index (κ1) is 14.5. The molecule has 5 nitrogen and oxygen atoms in total. The number of hydrogen-bond donors (Lipinski definition) is 2. The van der Waals surface area contributed by atoms with Crippen LogP contribution in [0.25, 0.3) is 0 Å². The monoisotopic (exact) mass is 253 g/mol. The van der Waals surface area contributed by atoms with E-state index in [1.807, 2.05) is 0 Å². The van der Waals surface area contributed by atoms with Crippen LogP contribution in [0.5, 0.6) is 5.75 Å². The molecule has 0 heterocycles. The van der Waals surface area contributed by atoms with Crippen LogP contribution in [0.1, 0.15) is 22.8 Å². The number of carbonyl (C=O) groups is 1. The highest BCUT2D eigenvalue weighted by Crippen LogP contribution is 2.15. The number of methoxy groups -OCH3 is 2. The Hall–Kier alpha value is -1.59. The number of aryl methyl sites for hydroxylation is 1. The zero-order valence-corrected chi connectivity index (χ0v) is 11.1. The molecule has 1 rings (SSSR count). The standard InChI is InChI=1S/C13H19NO4/c1-8-7-10(15)5-6-11(8)12(16)14-9(2)13(17-3)18-4/h5-7,9,13,15H,1-4H3,(H,14,16). The van der Waals surface area contributed by atoms with Gasteiger partial charge in [-0.25, -0.2) is 0 Å². The van der Waals surface area contributed by atoms with E-state index < -0.39 is 6.29 Å². The number of ether oxygens (including phenoxy) is 2. The van der Waals surface area contributed by atoms with Crippen molar-refractivity contribution in [2.75, 3.05) is 14.2 Å². The van der Waals surface area contributed by atoms with Crippen LogP contribution in [0.4, 0.5) is 0 Å². The van der Waals surface area contributed by atoms with E-state index in [0.717, 1.165) is 0 Å². The zero-order chi connectivity index (χ0) is 13.7. The van der Waals surface area contributed by atoms with Gasteiger partial charge < -0.3 is 19.9 Å². The maximum Gasteiger partial charge on any atom is 0.251 e. The quantitative estimate of drug-likeness (QED) is 0.779. The molecule has 1 amide bonds. The molecule has 0 aromatic heterocycles. The normalized spacial score (nSPS) is 12.5. The van der Waals surface area contributed by atoms with Crippen LogP contribution in [-0.2, 0) is 9.47 Å². The molecule has 0 aliphatic heterocycles. The summed E-state index contributed by atoms with van der Waals surface area (Å²) in [7, 11) is 3.03. The minimum absolute atomic E-state index is 0.142. The molecular weight excluding hydrogens is 234 g/mol. The molecular formula is C13H19NO4. The predicted octanol–water partition coefficient (Wildman–Crippen LogP) is 1.44. The Morgan fingerprint density at radius 1 is 1.33 bits per heavy atom. The third kappa shape index (κ3) is 3.45. The van der Waals surface area contributed by atoms with Gasteiger partial charge in [0.1, 0.15) is 5.75 Å². The number of amides is 1. The Morgan fingerprint density at radius 2 is 1.94 bits per heavy atom. The lowest BCUT2D eigenvalue weighted by Gasteiger charge is -2.22. The molecule has 1 atom stereocenters. The lowest BCUT2D eigenvalue weighted by atomic mass is 10.1. The van der Waals surface area contributed by atoms with Crippen molar-refractivity contribution < 1.29 is 19.4 Å². The Balaban J connectivity index is 2.76. The van der Waals surface area contributed by atoms with Crippen molar-refractivity contribution in [1.29, 1.82) is 0 Å². The molecule has 0 radical (unpaired) electrons. The van der Waals surface area contributed by atoms with Crippen molar-refractivity contribution >= 4 is 5.91 Å². The minimum Gasteiger partial charge on any atom is -0.508 e. The van der Waals surface area contributed by atoms with Crippen molar-refractivity contribution in [3.8, 4) is 5.75 Å². The van der Waals surface area contributed by atoms with Crippen LogP contribution in [0, 0.1) is 6.92 Å². The summed E-state index contributed by atoms with van der Waals surface area (Å²) in [5.41, 5.74) is 1.23. The van der Waals surface area contributed by atoms with Gasteiger partial charge in [-0.2, -0.15) is 0 Å². The molecule has 0 bridgehead atoms. The third-order valence-electron chi connectivity index (χ3n) is 2.69. The van der Waals surface area contributed by atoms with Gasteiger partial charge in [0, 0.05) is 19.8 Å². The van der Waals surface area contributed by atoms with Crippen molar-refractivity contribution in [3.63, 3.8) is 0 Å². The summed E-state index contributed by atoms with van der Waals surface area (Å²) < 4.78 is 10.1. The van der Waals surface area contributed by atoms with E-state index in [1.165, 1.54) is 20.3 Å². The maximum atomic E-state index is 12.0. The summed E-state index contributed by atoms with van der Waals surface area (Å²) in [5, 5.41) is 12.1. The molecule has 5 heteroatoms. The van der Waals surface area contributed by atoms with Gasteiger partial charge in [0.05, 0.1) is 6.04 Å². The fraction of sp³-hybridized carbons (Fsp3) is 0.462. The molecule has 0 saturated carbocycles. The van der Waals surface area contributed by atoms with Crippen molar-refractivity contribution in [2.24, 2.45) is 0 Å². The molecule has 0 aliphatic carbocycles. The van der Waals surface area contributed by atoms with E-state index in [0.29, 0.717) is 11.1 Å². The topological polar surface area (TPSA) is 67.8 Å². The minimum atomic E-state index is -0.494. The van der Waals surface area contributed by atoms with E-state index in [2.05, 4.69) is 5.32 Å². The highest BCUT2D eigenvalue weighted by atomic mass is 16.7. The van der Waals surface area contributed by atoms with Crippen LogP contribution in [0.15, 0.2) is 18.2 Å². The average Bonchev–Trinajstić information content (AvgIpc) is 2.30. The molecule has 2 N–H and O–H groups in total. The van der Waals surface area contributed by atoms with Gasteiger partial charge in [0.15, 0.2) is 6.29 Å². The van der Waals surface area contributed by atoms with E-state index in [9.17, 15) is 9.90 Å². The first-order valence-corrected chi connectivity index (χ1v) is 5.65. The number of benzene rings is 1. The van der Waals surface area contributed by atoms with Crippen LogP contribution in [0.3, 0.4) is 0 Å². The number of hydrogen-bond acceptors (Lipinski definition) is 4. The van der Waals surface area contributed by atoms with E-state index >= 15 is 0 Å². The fourth-order valence-corrected chi connectivity index (χ4v) is 1.76. The van der Waals surface area contributed by atoms with Crippen molar-refractivity contribution in [2.45, 2.75) is 26.2 Å². The Labute approximate surface area is 107 Å². The van der Waals surface area contributed by atoms with Crippen LogP contribution in [0.2, 0.25) is 0 Å². The van der Waals surface area contributed by atoms with Gasteiger partial charge in [-0.05, 0) is 37.6 Å². The lowest BCUT2D eigenvalue weighted by Crippen LogP contribution is -2.43. The fourth-order valence-electron chi connectivity index (χ4n) is 1.76. The number of aromatic hydroxyl groups is 1. The van der Waals surface area contributed by atoms with Crippen LogP contribution >= 0.6 is 0 Å². The number of nitrogens with one attached hydrogen (secondary N) is 1. The number of phenols is 1. The third-order valence-corrected chi connectivity index (χ3v) is 2.69. The first-order chi connectivity index (χ1) is 8.49. The van der Waals surface area contributed by atoms with E-state index in [-0.39, 0.29) is 17.7 Å². The van der Waals surface area contributed by atoms with Gasteiger partial charge >= 0.3 is 0 Å². The predicted molar refractivity (Wildman–Crippen MR) is 67.6 cm³/mol. The zero-order valence-electron chi connectivity index (χ0n) is 11.1. The van der Waals surface area contributed by atoms with Gasteiger partial charge in [-0.1, -0.05) is 0 Å². The Kier molecular flexibility index (Phi) is 5.12.